The number of benzene rings is 2. The van der Waals surface area contributed by atoms with Crippen LogP contribution in [0.3, 0.4) is 0 Å². The minimum atomic E-state index is -0.407. The van der Waals surface area contributed by atoms with Crippen LogP contribution in [0.5, 0.6) is 0 Å². The summed E-state index contributed by atoms with van der Waals surface area (Å²) in [7, 11) is 1.90. The topological polar surface area (TPSA) is 63.1 Å². The number of carbonyl (C=O) groups excluding carboxylic acids is 1. The Morgan fingerprint density at radius 2 is 1.81 bits per heavy atom. The van der Waals surface area contributed by atoms with Crippen molar-refractivity contribution in [3.8, 4) is 11.4 Å². The van der Waals surface area contributed by atoms with Crippen LogP contribution in [0.15, 0.2) is 47.6 Å². The fourth-order valence-electron chi connectivity index (χ4n) is 3.12. The second-order valence-corrected chi connectivity index (χ2v) is 9.11. The summed E-state index contributed by atoms with van der Waals surface area (Å²) in [5, 5.41) is 12.6. The first kappa shape index (κ1) is 23.4. The van der Waals surface area contributed by atoms with E-state index < -0.39 is 5.25 Å². The van der Waals surface area contributed by atoms with Crippen LogP contribution in [0.2, 0.25) is 10.0 Å². The Morgan fingerprint density at radius 1 is 1.13 bits per heavy atom. The lowest BCUT2D eigenvalue weighted by Crippen LogP contribution is -2.23. The first-order valence-corrected chi connectivity index (χ1v) is 11.6. The Hall–Kier alpha value is -2.22. The number of thioether (sulfide) groups is 1. The third-order valence-electron chi connectivity index (χ3n) is 4.93. The van der Waals surface area contributed by atoms with Gasteiger partial charge in [-0.15, -0.1) is 10.2 Å². The average molecular weight is 478 g/mol. The minimum Gasteiger partial charge on any atom is -0.372 e. The second kappa shape index (κ2) is 10.4. The molecule has 3 aromatic rings. The highest BCUT2D eigenvalue weighted by Crippen LogP contribution is 2.29. The smallest absolute Gasteiger partial charge is 0.237 e. The third kappa shape index (κ3) is 5.53. The normalized spacial score (nSPS) is 11.9. The van der Waals surface area contributed by atoms with Crippen molar-refractivity contribution < 1.29 is 4.79 Å². The van der Waals surface area contributed by atoms with Gasteiger partial charge >= 0.3 is 0 Å². The lowest BCUT2D eigenvalue weighted by molar-refractivity contribution is -0.115. The molecule has 0 saturated carbocycles. The molecule has 0 bridgehead atoms. The molecule has 0 aliphatic heterocycles. The molecule has 0 radical (unpaired) electrons. The molecular formula is C22H25Cl2N5OS. The molecule has 6 nitrogen and oxygen atoms in total. The van der Waals surface area contributed by atoms with Gasteiger partial charge in [0.2, 0.25) is 5.91 Å². The molecule has 1 atom stereocenters. The molecule has 0 aliphatic rings. The van der Waals surface area contributed by atoms with E-state index in [4.69, 9.17) is 23.2 Å². The number of hydrogen-bond donors (Lipinski definition) is 1. The maximum atomic E-state index is 12.6. The van der Waals surface area contributed by atoms with Crippen LogP contribution in [-0.4, -0.2) is 39.0 Å². The Morgan fingerprint density at radius 3 is 2.45 bits per heavy atom. The third-order valence-corrected chi connectivity index (χ3v) is 6.63. The molecule has 2 aromatic carbocycles. The summed E-state index contributed by atoms with van der Waals surface area (Å²) >= 11 is 13.5. The van der Waals surface area contributed by atoms with Crippen LogP contribution in [0.25, 0.3) is 11.4 Å². The highest BCUT2D eigenvalue weighted by molar-refractivity contribution is 8.00. The maximum Gasteiger partial charge on any atom is 0.237 e. The van der Waals surface area contributed by atoms with E-state index in [0.717, 1.165) is 24.5 Å². The van der Waals surface area contributed by atoms with E-state index >= 15 is 0 Å². The lowest BCUT2D eigenvalue weighted by atomic mass is 10.2. The van der Waals surface area contributed by atoms with Gasteiger partial charge in [-0.05, 0) is 63.2 Å². The number of aromatic nitrogens is 3. The van der Waals surface area contributed by atoms with Crippen LogP contribution < -0.4 is 10.2 Å². The van der Waals surface area contributed by atoms with E-state index in [1.807, 2.05) is 30.7 Å². The zero-order valence-electron chi connectivity index (χ0n) is 17.9. The van der Waals surface area contributed by atoms with E-state index in [1.54, 1.807) is 18.2 Å². The van der Waals surface area contributed by atoms with Crippen molar-refractivity contribution in [2.75, 3.05) is 23.3 Å². The van der Waals surface area contributed by atoms with Crippen molar-refractivity contribution in [2.45, 2.75) is 31.2 Å². The molecule has 164 valence electrons. The van der Waals surface area contributed by atoms with Crippen molar-refractivity contribution in [3.05, 3.63) is 52.5 Å². The number of anilines is 2. The largest absolute Gasteiger partial charge is 0.372 e. The SMILES string of the molecule is CCN(CC)c1ccc(-c2nnc(SC(C)C(=O)Nc3cc(Cl)ccc3Cl)n2C)cc1. The molecular weight excluding hydrogens is 453 g/mol. The number of halogens is 2. The van der Waals surface area contributed by atoms with Gasteiger partial charge in [-0.3, -0.25) is 4.79 Å². The fourth-order valence-corrected chi connectivity index (χ4v) is 4.27. The number of nitrogens with zero attached hydrogens (tertiary/aromatic N) is 4. The molecule has 1 N–H and O–H groups in total. The molecule has 3 rings (SSSR count). The zero-order valence-corrected chi connectivity index (χ0v) is 20.2. The van der Waals surface area contributed by atoms with E-state index in [-0.39, 0.29) is 5.91 Å². The molecule has 1 aromatic heterocycles. The first-order chi connectivity index (χ1) is 14.8. The molecule has 1 unspecified atom stereocenters. The first-order valence-electron chi connectivity index (χ1n) is 10.0. The monoisotopic (exact) mass is 477 g/mol. The highest BCUT2D eigenvalue weighted by atomic mass is 35.5. The molecule has 0 saturated heterocycles. The van der Waals surface area contributed by atoms with Crippen molar-refractivity contribution in [3.63, 3.8) is 0 Å². The number of hydrogen-bond acceptors (Lipinski definition) is 5. The second-order valence-electron chi connectivity index (χ2n) is 6.96. The van der Waals surface area contributed by atoms with Gasteiger partial charge in [-0.1, -0.05) is 35.0 Å². The van der Waals surface area contributed by atoms with Gasteiger partial charge in [0, 0.05) is 36.4 Å². The molecule has 1 amide bonds. The molecule has 0 aliphatic carbocycles. The van der Waals surface area contributed by atoms with Crippen molar-refractivity contribution in [1.29, 1.82) is 0 Å². The predicted molar refractivity (Wildman–Crippen MR) is 130 cm³/mol. The van der Waals surface area contributed by atoms with Gasteiger partial charge < -0.3 is 14.8 Å². The van der Waals surface area contributed by atoms with E-state index in [1.165, 1.54) is 17.4 Å². The van der Waals surface area contributed by atoms with Crippen molar-refractivity contribution in [2.24, 2.45) is 7.05 Å². The summed E-state index contributed by atoms with van der Waals surface area (Å²) in [5.74, 6) is 0.557. The predicted octanol–water partition coefficient (Wildman–Crippen LogP) is 5.75. The summed E-state index contributed by atoms with van der Waals surface area (Å²) in [5.41, 5.74) is 2.63. The number of nitrogens with one attached hydrogen (secondary N) is 1. The Kier molecular flexibility index (Phi) is 7.86. The van der Waals surface area contributed by atoms with Gasteiger partial charge in [-0.25, -0.2) is 0 Å². The Bertz CT molecular complexity index is 1050. The number of carbonyl (C=O) groups is 1. The summed E-state index contributed by atoms with van der Waals surface area (Å²) in [6, 6.07) is 13.2. The van der Waals surface area contributed by atoms with E-state index in [0.29, 0.717) is 20.9 Å². The van der Waals surface area contributed by atoms with Crippen LogP contribution in [-0.2, 0) is 11.8 Å². The summed E-state index contributed by atoms with van der Waals surface area (Å²) in [6.45, 7) is 8.01. The van der Waals surface area contributed by atoms with Gasteiger partial charge in [0.05, 0.1) is 16.0 Å². The van der Waals surface area contributed by atoms with Crippen molar-refractivity contribution in [1.82, 2.24) is 14.8 Å². The standard InChI is InChI=1S/C22H25Cl2N5OS/c1-5-29(6-2)17-10-7-15(8-11-17)20-26-27-22(28(20)4)31-14(3)21(30)25-19-13-16(23)9-12-18(19)24/h7-14H,5-6H2,1-4H3,(H,25,30). The maximum absolute atomic E-state index is 12.6. The van der Waals surface area contributed by atoms with E-state index in [2.05, 4.69) is 46.4 Å². The minimum absolute atomic E-state index is 0.192. The van der Waals surface area contributed by atoms with Gasteiger partial charge in [0.1, 0.15) is 0 Å². The Balaban J connectivity index is 1.71. The molecule has 0 spiro atoms. The quantitative estimate of drug-likeness (QED) is 0.418. The van der Waals surface area contributed by atoms with Crippen LogP contribution in [0.1, 0.15) is 20.8 Å². The van der Waals surface area contributed by atoms with Crippen LogP contribution >= 0.6 is 35.0 Å². The Labute approximate surface area is 196 Å². The summed E-state index contributed by atoms with van der Waals surface area (Å²) < 4.78 is 1.90. The van der Waals surface area contributed by atoms with E-state index in [9.17, 15) is 4.79 Å². The highest BCUT2D eigenvalue weighted by Gasteiger charge is 2.20. The number of rotatable bonds is 8. The summed E-state index contributed by atoms with van der Waals surface area (Å²) in [4.78, 5) is 14.9. The van der Waals surface area contributed by atoms with Crippen LogP contribution in [0, 0.1) is 0 Å². The molecule has 0 fully saturated rings. The summed E-state index contributed by atoms with van der Waals surface area (Å²) in [6.07, 6.45) is 0. The van der Waals surface area contributed by atoms with Gasteiger partial charge in [0.25, 0.3) is 0 Å². The number of amides is 1. The molecule has 31 heavy (non-hydrogen) atoms. The van der Waals surface area contributed by atoms with Crippen molar-refractivity contribution >= 4 is 52.2 Å². The zero-order chi connectivity index (χ0) is 22.5. The fraction of sp³-hybridized carbons (Fsp3) is 0.318. The lowest BCUT2D eigenvalue weighted by Gasteiger charge is -2.21. The van der Waals surface area contributed by atoms with Gasteiger partial charge in [0.15, 0.2) is 11.0 Å². The average Bonchev–Trinajstić information content (AvgIpc) is 3.12. The molecule has 9 heteroatoms. The van der Waals surface area contributed by atoms with Gasteiger partial charge in [-0.2, -0.15) is 0 Å². The molecule has 1 heterocycles. The van der Waals surface area contributed by atoms with Crippen LogP contribution in [0.4, 0.5) is 11.4 Å².